The number of carbonyl (C=O) groups is 1. The molecule has 2 aromatic carbocycles. The molecule has 1 fully saturated rings. The van der Waals surface area contributed by atoms with Gasteiger partial charge in [0.2, 0.25) is 10.0 Å². The number of piperazine rings is 1. The Kier molecular flexibility index (Phi) is 7.21. The third kappa shape index (κ3) is 5.66. The molecule has 0 aromatic heterocycles. The fourth-order valence-corrected chi connectivity index (χ4v) is 4.49. The Balaban J connectivity index is 1.55. The molecular formula is C22H26N4O3S. The van der Waals surface area contributed by atoms with Crippen molar-refractivity contribution >= 4 is 15.9 Å². The number of nitrogens with zero attached hydrogens (tertiary/aromatic N) is 3. The molecule has 7 nitrogen and oxygen atoms in total. The molecule has 0 aliphatic carbocycles. The fourth-order valence-electron chi connectivity index (χ4n) is 3.46. The van der Waals surface area contributed by atoms with Crippen LogP contribution >= 0.6 is 0 Å². The minimum atomic E-state index is -3.67. The van der Waals surface area contributed by atoms with Crippen LogP contribution in [0.15, 0.2) is 53.4 Å². The molecule has 0 unspecified atom stereocenters. The SMILES string of the molecule is Cc1cccc(CN2CCN(C(=O)c3ccc(S(=O)(=O)NCCC#N)cc3)CC2)c1. The van der Waals surface area contributed by atoms with Gasteiger partial charge in [0.25, 0.3) is 5.91 Å². The van der Waals surface area contributed by atoms with Crippen LogP contribution in [-0.2, 0) is 16.6 Å². The predicted octanol–water partition coefficient (Wildman–Crippen LogP) is 2.15. The van der Waals surface area contributed by atoms with Crippen molar-refractivity contribution in [3.05, 3.63) is 65.2 Å². The highest BCUT2D eigenvalue weighted by Gasteiger charge is 2.23. The van der Waals surface area contributed by atoms with Gasteiger partial charge < -0.3 is 4.90 Å². The van der Waals surface area contributed by atoms with Crippen molar-refractivity contribution in [1.82, 2.24) is 14.5 Å². The molecule has 1 amide bonds. The summed E-state index contributed by atoms with van der Waals surface area (Å²) >= 11 is 0. The third-order valence-corrected chi connectivity index (χ3v) is 6.57. The van der Waals surface area contributed by atoms with E-state index in [-0.39, 0.29) is 23.8 Å². The zero-order chi connectivity index (χ0) is 21.6. The molecule has 158 valence electrons. The van der Waals surface area contributed by atoms with Crippen molar-refractivity contribution in [2.75, 3.05) is 32.7 Å². The zero-order valence-electron chi connectivity index (χ0n) is 17.0. The van der Waals surface area contributed by atoms with Crippen molar-refractivity contribution < 1.29 is 13.2 Å². The Morgan fingerprint density at radius 3 is 2.43 bits per heavy atom. The van der Waals surface area contributed by atoms with Crippen molar-refractivity contribution in [1.29, 1.82) is 5.26 Å². The number of nitriles is 1. The summed E-state index contributed by atoms with van der Waals surface area (Å²) in [7, 11) is -3.67. The molecule has 1 saturated heterocycles. The Hall–Kier alpha value is -2.73. The van der Waals surface area contributed by atoms with Crippen LogP contribution in [0.3, 0.4) is 0 Å². The topological polar surface area (TPSA) is 93.5 Å². The highest BCUT2D eigenvalue weighted by atomic mass is 32.2. The first-order valence-electron chi connectivity index (χ1n) is 9.93. The van der Waals surface area contributed by atoms with E-state index in [2.05, 4.69) is 40.8 Å². The predicted molar refractivity (Wildman–Crippen MR) is 114 cm³/mol. The second-order valence-electron chi connectivity index (χ2n) is 7.39. The van der Waals surface area contributed by atoms with Crippen LogP contribution in [0.1, 0.15) is 27.9 Å². The first-order valence-corrected chi connectivity index (χ1v) is 11.4. The van der Waals surface area contributed by atoms with Gasteiger partial charge in [0, 0.05) is 51.3 Å². The minimum absolute atomic E-state index is 0.0618. The average molecular weight is 427 g/mol. The van der Waals surface area contributed by atoms with E-state index in [9.17, 15) is 13.2 Å². The van der Waals surface area contributed by atoms with Crippen LogP contribution in [0.4, 0.5) is 0 Å². The summed E-state index contributed by atoms with van der Waals surface area (Å²) in [6.45, 7) is 5.89. The smallest absolute Gasteiger partial charge is 0.253 e. The lowest BCUT2D eigenvalue weighted by Crippen LogP contribution is -2.48. The third-order valence-electron chi connectivity index (χ3n) is 5.09. The summed E-state index contributed by atoms with van der Waals surface area (Å²) in [5.41, 5.74) is 2.99. The molecule has 0 saturated carbocycles. The van der Waals surface area contributed by atoms with E-state index in [0.29, 0.717) is 18.7 Å². The molecule has 1 aliphatic heterocycles. The van der Waals surface area contributed by atoms with E-state index in [4.69, 9.17) is 5.26 Å². The summed E-state index contributed by atoms with van der Waals surface area (Å²) in [6, 6.07) is 16.3. The number of carbonyl (C=O) groups excluding carboxylic acids is 1. The number of aryl methyl sites for hydroxylation is 1. The van der Waals surface area contributed by atoms with E-state index in [0.717, 1.165) is 19.6 Å². The first kappa shape index (κ1) is 22.0. The van der Waals surface area contributed by atoms with Crippen LogP contribution in [0.25, 0.3) is 0 Å². The van der Waals surface area contributed by atoms with Gasteiger partial charge in [-0.15, -0.1) is 0 Å². The fraction of sp³-hybridized carbons (Fsp3) is 0.364. The van der Waals surface area contributed by atoms with Crippen molar-refractivity contribution in [2.45, 2.75) is 24.8 Å². The van der Waals surface area contributed by atoms with E-state index in [1.165, 1.54) is 23.3 Å². The normalized spacial score (nSPS) is 15.0. The lowest BCUT2D eigenvalue weighted by Gasteiger charge is -2.34. The molecule has 1 heterocycles. The number of benzene rings is 2. The Morgan fingerprint density at radius 2 is 1.80 bits per heavy atom. The van der Waals surface area contributed by atoms with Gasteiger partial charge in [0.1, 0.15) is 0 Å². The van der Waals surface area contributed by atoms with E-state index in [1.807, 2.05) is 6.07 Å². The summed E-state index contributed by atoms with van der Waals surface area (Å²) in [5.74, 6) is -0.0911. The van der Waals surface area contributed by atoms with Gasteiger partial charge in [-0.25, -0.2) is 13.1 Å². The van der Waals surface area contributed by atoms with Crippen molar-refractivity contribution in [2.24, 2.45) is 0 Å². The standard InChI is InChI=1S/C22H26N4O3S/c1-18-4-2-5-19(16-18)17-25-12-14-26(15-13-25)22(27)20-6-8-21(9-7-20)30(28,29)24-11-3-10-23/h2,4-9,16,24H,3,11-15,17H2,1H3. The molecular weight excluding hydrogens is 400 g/mol. The molecule has 0 bridgehead atoms. The molecule has 0 spiro atoms. The number of hydrogen-bond acceptors (Lipinski definition) is 5. The molecule has 3 rings (SSSR count). The quantitative estimate of drug-likeness (QED) is 0.685. The number of rotatable bonds is 7. The molecule has 1 aliphatic rings. The van der Waals surface area contributed by atoms with Gasteiger partial charge in [-0.1, -0.05) is 29.8 Å². The highest BCUT2D eigenvalue weighted by molar-refractivity contribution is 7.89. The van der Waals surface area contributed by atoms with Gasteiger partial charge >= 0.3 is 0 Å². The van der Waals surface area contributed by atoms with Gasteiger partial charge in [-0.05, 0) is 36.8 Å². The van der Waals surface area contributed by atoms with E-state index >= 15 is 0 Å². The monoisotopic (exact) mass is 426 g/mol. The molecule has 2 aromatic rings. The van der Waals surface area contributed by atoms with Crippen LogP contribution in [0, 0.1) is 18.3 Å². The van der Waals surface area contributed by atoms with Crippen LogP contribution in [0.5, 0.6) is 0 Å². The lowest BCUT2D eigenvalue weighted by molar-refractivity contribution is 0.0628. The molecule has 30 heavy (non-hydrogen) atoms. The van der Waals surface area contributed by atoms with E-state index in [1.54, 1.807) is 17.0 Å². The maximum atomic E-state index is 12.8. The van der Waals surface area contributed by atoms with Crippen molar-refractivity contribution in [3.8, 4) is 6.07 Å². The number of amides is 1. The van der Waals surface area contributed by atoms with Gasteiger partial charge in [0.05, 0.1) is 11.0 Å². The Morgan fingerprint density at radius 1 is 1.10 bits per heavy atom. The second-order valence-corrected chi connectivity index (χ2v) is 9.15. The number of nitrogens with one attached hydrogen (secondary N) is 1. The second kappa shape index (κ2) is 9.85. The van der Waals surface area contributed by atoms with Crippen molar-refractivity contribution in [3.63, 3.8) is 0 Å². The average Bonchev–Trinajstić information content (AvgIpc) is 2.74. The lowest BCUT2D eigenvalue weighted by atomic mass is 10.1. The molecule has 0 radical (unpaired) electrons. The number of sulfonamides is 1. The Bertz CT molecular complexity index is 1020. The van der Waals surface area contributed by atoms with Crippen LogP contribution in [0.2, 0.25) is 0 Å². The zero-order valence-corrected chi connectivity index (χ0v) is 17.9. The molecule has 8 heteroatoms. The van der Waals surface area contributed by atoms with Gasteiger partial charge in [0.15, 0.2) is 0 Å². The molecule has 1 N–H and O–H groups in total. The van der Waals surface area contributed by atoms with Gasteiger partial charge in [-0.2, -0.15) is 5.26 Å². The Labute approximate surface area is 178 Å². The van der Waals surface area contributed by atoms with Gasteiger partial charge in [-0.3, -0.25) is 9.69 Å². The highest BCUT2D eigenvalue weighted by Crippen LogP contribution is 2.15. The summed E-state index contributed by atoms with van der Waals surface area (Å²) in [6.07, 6.45) is 0.103. The summed E-state index contributed by atoms with van der Waals surface area (Å²) < 4.78 is 26.7. The maximum absolute atomic E-state index is 12.8. The maximum Gasteiger partial charge on any atom is 0.253 e. The van der Waals surface area contributed by atoms with Crippen LogP contribution in [-0.4, -0.2) is 56.8 Å². The minimum Gasteiger partial charge on any atom is -0.336 e. The molecule has 0 atom stereocenters. The van der Waals surface area contributed by atoms with E-state index < -0.39 is 10.0 Å². The first-order chi connectivity index (χ1) is 14.4. The summed E-state index contributed by atoms with van der Waals surface area (Å²) in [4.78, 5) is 17.0. The largest absolute Gasteiger partial charge is 0.336 e. The number of hydrogen-bond donors (Lipinski definition) is 1. The summed E-state index contributed by atoms with van der Waals surface area (Å²) in [5, 5.41) is 8.53. The van der Waals surface area contributed by atoms with Crippen LogP contribution < -0.4 is 4.72 Å².